The van der Waals surface area contributed by atoms with E-state index in [0.29, 0.717) is 11.4 Å². The van der Waals surface area contributed by atoms with Gasteiger partial charge in [0.25, 0.3) is 5.91 Å². The Morgan fingerprint density at radius 1 is 1.36 bits per heavy atom. The van der Waals surface area contributed by atoms with Crippen LogP contribution in [-0.4, -0.2) is 29.9 Å². The summed E-state index contributed by atoms with van der Waals surface area (Å²) in [4.78, 5) is 19.8. The fraction of sp³-hybridized carbons (Fsp3) is 0.222. The zero-order valence-electron chi connectivity index (χ0n) is 14.1. The van der Waals surface area contributed by atoms with Crippen LogP contribution in [0, 0.1) is 6.92 Å². The second-order valence-electron chi connectivity index (χ2n) is 5.56. The van der Waals surface area contributed by atoms with Crippen molar-refractivity contribution in [3.05, 3.63) is 55.6 Å². The molecule has 1 aromatic carbocycles. The quantitative estimate of drug-likeness (QED) is 0.550. The average Bonchev–Trinajstić information content (AvgIpc) is 3.23. The molecule has 0 saturated heterocycles. The maximum atomic E-state index is 12.9. The van der Waals surface area contributed by atoms with Crippen molar-refractivity contribution >= 4 is 44.5 Å². The monoisotopic (exact) mass is 436 g/mol. The van der Waals surface area contributed by atoms with Crippen LogP contribution in [0.5, 0.6) is 5.75 Å². The standard InChI is InChI=1S/C18H17BrN2O2S2/c1-11-16(25-17(20-11)12-6-7-24-10-12)18(22)21(2)9-13-8-14(19)4-5-15(13)23-3/h4-8,10H,9H2,1-3H3. The number of carbonyl (C=O) groups excluding carboxylic acids is 1. The van der Waals surface area contributed by atoms with Crippen LogP contribution < -0.4 is 4.74 Å². The minimum absolute atomic E-state index is 0.0292. The third-order valence-electron chi connectivity index (χ3n) is 3.76. The van der Waals surface area contributed by atoms with Crippen LogP contribution >= 0.6 is 38.6 Å². The van der Waals surface area contributed by atoms with E-state index in [1.807, 2.05) is 41.9 Å². The molecule has 7 heteroatoms. The number of aryl methyl sites for hydroxylation is 1. The first-order chi connectivity index (χ1) is 12.0. The minimum Gasteiger partial charge on any atom is -0.496 e. The highest BCUT2D eigenvalue weighted by Crippen LogP contribution is 2.31. The SMILES string of the molecule is COc1ccc(Br)cc1CN(C)C(=O)c1sc(-c2ccsc2)nc1C. The molecule has 0 saturated carbocycles. The van der Waals surface area contributed by atoms with Gasteiger partial charge in [-0.3, -0.25) is 4.79 Å². The summed E-state index contributed by atoms with van der Waals surface area (Å²) < 4.78 is 6.35. The van der Waals surface area contributed by atoms with Crippen LogP contribution in [0.3, 0.4) is 0 Å². The number of nitrogens with zero attached hydrogens (tertiary/aromatic N) is 2. The number of rotatable bonds is 5. The molecule has 3 rings (SSSR count). The van der Waals surface area contributed by atoms with E-state index in [0.717, 1.165) is 32.1 Å². The minimum atomic E-state index is -0.0292. The van der Waals surface area contributed by atoms with Gasteiger partial charge in [-0.25, -0.2) is 4.98 Å². The van der Waals surface area contributed by atoms with Gasteiger partial charge in [-0.05, 0) is 36.6 Å². The Hall–Kier alpha value is -1.70. The fourth-order valence-corrected chi connectivity index (χ4v) is 4.66. The lowest BCUT2D eigenvalue weighted by Crippen LogP contribution is -2.26. The van der Waals surface area contributed by atoms with Crippen LogP contribution in [0.1, 0.15) is 20.9 Å². The lowest BCUT2D eigenvalue weighted by atomic mass is 10.2. The Labute approximate surface area is 163 Å². The maximum Gasteiger partial charge on any atom is 0.265 e. The van der Waals surface area contributed by atoms with Crippen molar-refractivity contribution in [3.8, 4) is 16.3 Å². The number of methoxy groups -OCH3 is 1. The van der Waals surface area contributed by atoms with E-state index in [-0.39, 0.29) is 5.91 Å². The van der Waals surface area contributed by atoms with E-state index < -0.39 is 0 Å². The Bertz CT molecular complexity index is 891. The average molecular weight is 437 g/mol. The number of hydrogen-bond acceptors (Lipinski definition) is 5. The molecule has 2 heterocycles. The summed E-state index contributed by atoms with van der Waals surface area (Å²) in [6.07, 6.45) is 0. The molecule has 0 unspecified atom stereocenters. The summed E-state index contributed by atoms with van der Waals surface area (Å²) in [5, 5.41) is 4.94. The lowest BCUT2D eigenvalue weighted by Gasteiger charge is -2.18. The van der Waals surface area contributed by atoms with Gasteiger partial charge in [0.05, 0.1) is 12.8 Å². The molecule has 25 heavy (non-hydrogen) atoms. The molecule has 0 spiro atoms. The van der Waals surface area contributed by atoms with Gasteiger partial charge >= 0.3 is 0 Å². The molecule has 0 radical (unpaired) electrons. The van der Waals surface area contributed by atoms with Crippen LogP contribution in [0.4, 0.5) is 0 Å². The number of halogens is 1. The zero-order chi connectivity index (χ0) is 18.0. The van der Waals surface area contributed by atoms with Gasteiger partial charge in [0.1, 0.15) is 15.6 Å². The third-order valence-corrected chi connectivity index (χ3v) is 6.13. The van der Waals surface area contributed by atoms with Crippen LogP contribution in [0.2, 0.25) is 0 Å². The number of ether oxygens (including phenoxy) is 1. The first kappa shape index (κ1) is 18.1. The van der Waals surface area contributed by atoms with E-state index >= 15 is 0 Å². The largest absolute Gasteiger partial charge is 0.496 e. The van der Waals surface area contributed by atoms with Crippen LogP contribution in [0.15, 0.2) is 39.5 Å². The molecule has 1 amide bonds. The highest BCUT2D eigenvalue weighted by Gasteiger charge is 2.21. The first-order valence-electron chi connectivity index (χ1n) is 7.57. The number of aromatic nitrogens is 1. The molecule has 0 atom stereocenters. The normalized spacial score (nSPS) is 10.7. The van der Waals surface area contributed by atoms with Crippen molar-refractivity contribution in [2.45, 2.75) is 13.5 Å². The van der Waals surface area contributed by atoms with Gasteiger partial charge in [-0.15, -0.1) is 11.3 Å². The van der Waals surface area contributed by atoms with Crippen molar-refractivity contribution in [2.75, 3.05) is 14.2 Å². The van der Waals surface area contributed by atoms with Crippen molar-refractivity contribution < 1.29 is 9.53 Å². The lowest BCUT2D eigenvalue weighted by molar-refractivity contribution is 0.0788. The number of hydrogen-bond donors (Lipinski definition) is 0. The molecule has 4 nitrogen and oxygen atoms in total. The molecule has 2 aromatic heterocycles. The Morgan fingerprint density at radius 3 is 2.84 bits per heavy atom. The van der Waals surface area contributed by atoms with E-state index in [1.54, 1.807) is 30.4 Å². The topological polar surface area (TPSA) is 42.4 Å². The highest BCUT2D eigenvalue weighted by atomic mass is 79.9. The smallest absolute Gasteiger partial charge is 0.265 e. The van der Waals surface area contributed by atoms with Gasteiger partial charge < -0.3 is 9.64 Å². The van der Waals surface area contributed by atoms with Gasteiger partial charge in [-0.2, -0.15) is 11.3 Å². The van der Waals surface area contributed by atoms with Crippen molar-refractivity contribution in [1.29, 1.82) is 0 Å². The molecule has 0 aliphatic carbocycles. The molecular weight excluding hydrogens is 420 g/mol. The third kappa shape index (κ3) is 3.94. The molecular formula is C18H17BrN2O2S2. The second-order valence-corrected chi connectivity index (χ2v) is 8.26. The highest BCUT2D eigenvalue weighted by molar-refractivity contribution is 9.10. The van der Waals surface area contributed by atoms with Crippen molar-refractivity contribution in [1.82, 2.24) is 9.88 Å². The molecule has 0 bridgehead atoms. The summed E-state index contributed by atoms with van der Waals surface area (Å²) in [6, 6.07) is 7.81. The van der Waals surface area contributed by atoms with Gasteiger partial charge in [0.15, 0.2) is 0 Å². The molecule has 3 aromatic rings. The van der Waals surface area contributed by atoms with Crippen LogP contribution in [0.25, 0.3) is 10.6 Å². The maximum absolute atomic E-state index is 12.9. The van der Waals surface area contributed by atoms with E-state index in [1.165, 1.54) is 11.3 Å². The molecule has 0 aliphatic heterocycles. The molecule has 0 N–H and O–H groups in total. The van der Waals surface area contributed by atoms with E-state index in [4.69, 9.17) is 4.74 Å². The Kier molecular flexibility index (Phi) is 5.56. The predicted octanol–water partition coefficient (Wildman–Crippen LogP) is 5.22. The number of thiophene rings is 1. The fourth-order valence-electron chi connectivity index (χ4n) is 2.48. The summed E-state index contributed by atoms with van der Waals surface area (Å²) in [5.74, 6) is 0.737. The molecule has 0 fully saturated rings. The number of amides is 1. The Morgan fingerprint density at radius 2 is 2.16 bits per heavy atom. The van der Waals surface area contributed by atoms with Crippen molar-refractivity contribution in [2.24, 2.45) is 0 Å². The van der Waals surface area contributed by atoms with E-state index in [2.05, 4.69) is 20.9 Å². The van der Waals surface area contributed by atoms with Crippen molar-refractivity contribution in [3.63, 3.8) is 0 Å². The second kappa shape index (κ2) is 7.68. The summed E-state index contributed by atoms with van der Waals surface area (Å²) in [7, 11) is 3.43. The summed E-state index contributed by atoms with van der Waals surface area (Å²) in [5.41, 5.74) is 2.78. The number of benzene rings is 1. The summed E-state index contributed by atoms with van der Waals surface area (Å²) in [6.45, 7) is 2.35. The van der Waals surface area contributed by atoms with Gasteiger partial charge in [0.2, 0.25) is 0 Å². The van der Waals surface area contributed by atoms with Crippen LogP contribution in [-0.2, 0) is 6.54 Å². The molecule has 130 valence electrons. The number of thiazole rings is 1. The van der Waals surface area contributed by atoms with Gasteiger partial charge in [0, 0.05) is 34.6 Å². The first-order valence-corrected chi connectivity index (χ1v) is 10.1. The summed E-state index contributed by atoms with van der Waals surface area (Å²) >= 11 is 6.53. The number of carbonyl (C=O) groups is 1. The Balaban J connectivity index is 1.83. The van der Waals surface area contributed by atoms with E-state index in [9.17, 15) is 4.79 Å². The molecule has 0 aliphatic rings. The van der Waals surface area contributed by atoms with Gasteiger partial charge in [-0.1, -0.05) is 15.9 Å². The zero-order valence-corrected chi connectivity index (χ0v) is 17.3. The predicted molar refractivity (Wildman–Crippen MR) is 107 cm³/mol.